The lowest BCUT2D eigenvalue weighted by Gasteiger charge is -1.85. The lowest BCUT2D eigenvalue weighted by atomic mass is 10.3. The Morgan fingerprint density at radius 2 is 2.56 bits per heavy atom. The maximum atomic E-state index is 4.90. The Balaban J connectivity index is 2.85. The summed E-state index contributed by atoms with van der Waals surface area (Å²) in [5.74, 6) is 4.90. The van der Waals surface area contributed by atoms with Gasteiger partial charge in [0.1, 0.15) is 0 Å². The summed E-state index contributed by atoms with van der Waals surface area (Å²) in [5.41, 5.74) is 0.917. The van der Waals surface area contributed by atoms with Crippen molar-refractivity contribution in [1.82, 2.24) is 4.98 Å². The highest BCUT2D eigenvalue weighted by Gasteiger charge is 1.80. The van der Waals surface area contributed by atoms with Gasteiger partial charge in [-0.25, -0.2) is 0 Å². The SMILES string of the molecule is NN=Cc1cccnc1. The van der Waals surface area contributed by atoms with E-state index in [1.807, 2.05) is 12.1 Å². The maximum absolute atomic E-state index is 4.90. The Hall–Kier alpha value is -1.38. The number of aromatic nitrogens is 1. The largest absolute Gasteiger partial charge is 0.323 e. The third-order valence-electron chi connectivity index (χ3n) is 0.908. The number of hydrogen-bond donors (Lipinski definition) is 1. The molecule has 1 aromatic heterocycles. The van der Waals surface area contributed by atoms with Crippen LogP contribution in [-0.2, 0) is 0 Å². The fraction of sp³-hybridized carbons (Fsp3) is 0. The topological polar surface area (TPSA) is 51.3 Å². The smallest absolute Gasteiger partial charge is 0.0553 e. The molecule has 0 aliphatic rings. The highest BCUT2D eigenvalue weighted by Crippen LogP contribution is 1.88. The number of hydrazone groups is 1. The summed E-state index contributed by atoms with van der Waals surface area (Å²) < 4.78 is 0. The molecule has 3 nitrogen and oxygen atoms in total. The Kier molecular flexibility index (Phi) is 1.80. The quantitative estimate of drug-likeness (QED) is 0.331. The molecule has 1 aromatic rings. The molecule has 9 heavy (non-hydrogen) atoms. The van der Waals surface area contributed by atoms with Crippen molar-refractivity contribution >= 4 is 6.21 Å². The van der Waals surface area contributed by atoms with Gasteiger partial charge in [-0.15, -0.1) is 0 Å². The summed E-state index contributed by atoms with van der Waals surface area (Å²) in [4.78, 5) is 3.86. The second-order valence-corrected chi connectivity index (χ2v) is 1.56. The molecule has 0 aliphatic carbocycles. The third-order valence-corrected chi connectivity index (χ3v) is 0.908. The second kappa shape index (κ2) is 2.81. The molecule has 0 spiro atoms. The van der Waals surface area contributed by atoms with Gasteiger partial charge in [0, 0.05) is 18.0 Å². The summed E-state index contributed by atoms with van der Waals surface area (Å²) >= 11 is 0. The third kappa shape index (κ3) is 1.53. The number of nitrogens with two attached hydrogens (primary N) is 1. The van der Waals surface area contributed by atoms with Gasteiger partial charge in [-0.05, 0) is 6.07 Å². The molecule has 0 bridgehead atoms. The zero-order valence-electron chi connectivity index (χ0n) is 4.86. The zero-order valence-corrected chi connectivity index (χ0v) is 4.86. The number of rotatable bonds is 1. The molecule has 0 fully saturated rings. The molecular formula is C6H7N3. The van der Waals surface area contributed by atoms with Gasteiger partial charge in [-0.3, -0.25) is 4.98 Å². The highest BCUT2D eigenvalue weighted by molar-refractivity contribution is 5.78. The van der Waals surface area contributed by atoms with E-state index in [1.165, 1.54) is 0 Å². The summed E-state index contributed by atoms with van der Waals surface area (Å²) in [6.45, 7) is 0. The van der Waals surface area contributed by atoms with Crippen molar-refractivity contribution in [2.75, 3.05) is 0 Å². The van der Waals surface area contributed by atoms with Crippen molar-refractivity contribution in [2.24, 2.45) is 10.9 Å². The molecule has 0 saturated carbocycles. The normalized spacial score (nSPS) is 10.2. The first kappa shape index (κ1) is 5.75. The van der Waals surface area contributed by atoms with Gasteiger partial charge >= 0.3 is 0 Å². The average Bonchev–Trinajstić information content (AvgIpc) is 1.91. The van der Waals surface area contributed by atoms with Gasteiger partial charge in [-0.2, -0.15) is 5.10 Å². The summed E-state index contributed by atoms with van der Waals surface area (Å²) in [6.07, 6.45) is 4.94. The molecule has 0 amide bonds. The summed E-state index contributed by atoms with van der Waals surface area (Å²) in [7, 11) is 0. The Bertz CT molecular complexity index is 193. The van der Waals surface area contributed by atoms with E-state index in [1.54, 1.807) is 18.6 Å². The molecule has 0 radical (unpaired) electrons. The first-order valence-corrected chi connectivity index (χ1v) is 2.57. The molecule has 2 N–H and O–H groups in total. The predicted octanol–water partition coefficient (Wildman–Crippen LogP) is 0.374. The van der Waals surface area contributed by atoms with Crippen LogP contribution in [0.25, 0.3) is 0 Å². The average molecular weight is 121 g/mol. The van der Waals surface area contributed by atoms with Gasteiger partial charge in [0.25, 0.3) is 0 Å². The first-order valence-electron chi connectivity index (χ1n) is 2.57. The number of pyridine rings is 1. The van der Waals surface area contributed by atoms with E-state index in [4.69, 9.17) is 5.84 Å². The zero-order chi connectivity index (χ0) is 6.53. The van der Waals surface area contributed by atoms with E-state index in [0.717, 1.165) is 5.56 Å². The van der Waals surface area contributed by atoms with E-state index >= 15 is 0 Å². The van der Waals surface area contributed by atoms with Crippen LogP contribution in [0.1, 0.15) is 5.56 Å². The molecule has 1 rings (SSSR count). The number of nitrogens with zero attached hydrogens (tertiary/aromatic N) is 2. The Morgan fingerprint density at radius 3 is 3.11 bits per heavy atom. The van der Waals surface area contributed by atoms with Crippen LogP contribution in [0.3, 0.4) is 0 Å². The molecule has 3 heteroatoms. The van der Waals surface area contributed by atoms with Crippen LogP contribution in [0.15, 0.2) is 29.6 Å². The fourth-order valence-corrected chi connectivity index (χ4v) is 0.538. The molecule has 0 aliphatic heterocycles. The van der Waals surface area contributed by atoms with E-state index < -0.39 is 0 Å². The lowest BCUT2D eigenvalue weighted by molar-refractivity contribution is 1.25. The van der Waals surface area contributed by atoms with Gasteiger partial charge < -0.3 is 5.84 Å². The predicted molar refractivity (Wildman–Crippen MR) is 36.0 cm³/mol. The van der Waals surface area contributed by atoms with Crippen molar-refractivity contribution in [1.29, 1.82) is 0 Å². The first-order chi connectivity index (χ1) is 4.43. The lowest BCUT2D eigenvalue weighted by Crippen LogP contribution is -1.85. The van der Waals surface area contributed by atoms with Crippen molar-refractivity contribution in [2.45, 2.75) is 0 Å². The van der Waals surface area contributed by atoms with Crippen molar-refractivity contribution in [3.8, 4) is 0 Å². The number of hydrogen-bond acceptors (Lipinski definition) is 3. The Morgan fingerprint density at radius 1 is 1.67 bits per heavy atom. The van der Waals surface area contributed by atoms with Crippen molar-refractivity contribution < 1.29 is 0 Å². The second-order valence-electron chi connectivity index (χ2n) is 1.56. The minimum atomic E-state index is 0.917. The van der Waals surface area contributed by atoms with Crippen molar-refractivity contribution in [3.63, 3.8) is 0 Å². The molecular weight excluding hydrogens is 114 g/mol. The van der Waals surface area contributed by atoms with Gasteiger partial charge in [-0.1, -0.05) is 6.07 Å². The van der Waals surface area contributed by atoms with Gasteiger partial charge in [0.2, 0.25) is 0 Å². The summed E-state index contributed by atoms with van der Waals surface area (Å²) in [5, 5.41) is 3.34. The van der Waals surface area contributed by atoms with Crippen LogP contribution in [0.5, 0.6) is 0 Å². The maximum Gasteiger partial charge on any atom is 0.0553 e. The van der Waals surface area contributed by atoms with Crippen LogP contribution >= 0.6 is 0 Å². The van der Waals surface area contributed by atoms with E-state index in [9.17, 15) is 0 Å². The minimum Gasteiger partial charge on any atom is -0.323 e. The standard InChI is InChI=1S/C6H7N3/c7-9-5-6-2-1-3-8-4-6/h1-5H,7H2. The summed E-state index contributed by atoms with van der Waals surface area (Å²) in [6, 6.07) is 3.71. The molecule has 1 heterocycles. The van der Waals surface area contributed by atoms with Crippen molar-refractivity contribution in [3.05, 3.63) is 30.1 Å². The molecule has 46 valence electrons. The van der Waals surface area contributed by atoms with E-state index in [2.05, 4.69) is 10.1 Å². The van der Waals surface area contributed by atoms with E-state index in [-0.39, 0.29) is 0 Å². The molecule has 0 unspecified atom stereocenters. The fourth-order valence-electron chi connectivity index (χ4n) is 0.538. The van der Waals surface area contributed by atoms with Gasteiger partial charge in [0.15, 0.2) is 0 Å². The molecule has 0 saturated heterocycles. The van der Waals surface area contributed by atoms with Crippen LogP contribution in [0, 0.1) is 0 Å². The van der Waals surface area contributed by atoms with Crippen LogP contribution < -0.4 is 5.84 Å². The van der Waals surface area contributed by atoms with Crippen LogP contribution in [0.4, 0.5) is 0 Å². The molecule has 0 aromatic carbocycles. The van der Waals surface area contributed by atoms with E-state index in [0.29, 0.717) is 0 Å². The van der Waals surface area contributed by atoms with Crippen LogP contribution in [-0.4, -0.2) is 11.2 Å². The monoisotopic (exact) mass is 121 g/mol. The minimum absolute atomic E-state index is 0.917. The molecule has 0 atom stereocenters. The van der Waals surface area contributed by atoms with Crippen LogP contribution in [0.2, 0.25) is 0 Å². The Labute approximate surface area is 53.2 Å². The van der Waals surface area contributed by atoms with Gasteiger partial charge in [0.05, 0.1) is 6.21 Å². The highest BCUT2D eigenvalue weighted by atomic mass is 15.1.